The predicted octanol–water partition coefficient (Wildman–Crippen LogP) is 3.45. The molecule has 2 aromatic rings. The third-order valence-electron chi connectivity index (χ3n) is 5.78. The monoisotopic (exact) mass is 352 g/mol. The van der Waals surface area contributed by atoms with Crippen LogP contribution in [-0.2, 0) is 20.0 Å². The zero-order chi connectivity index (χ0) is 18.1. The number of aromatic nitrogens is 1. The number of hydrogen-bond acceptors (Lipinski definition) is 2. The number of carbonyl (C=O) groups excluding carboxylic acids is 1. The molecule has 138 valence electrons. The fourth-order valence-corrected chi connectivity index (χ4v) is 4.37. The van der Waals surface area contributed by atoms with Crippen molar-refractivity contribution in [2.45, 2.75) is 38.3 Å². The lowest BCUT2D eigenvalue weighted by Crippen LogP contribution is -2.39. The number of amides is 2. The van der Waals surface area contributed by atoms with Gasteiger partial charge in [-0.3, -0.25) is 0 Å². The van der Waals surface area contributed by atoms with E-state index < -0.39 is 0 Å². The Morgan fingerprint density at radius 3 is 2.88 bits per heavy atom. The van der Waals surface area contributed by atoms with E-state index in [1.165, 1.54) is 28.9 Å². The van der Waals surface area contributed by atoms with Gasteiger partial charge in [0.25, 0.3) is 0 Å². The third-order valence-corrected chi connectivity index (χ3v) is 5.78. The van der Waals surface area contributed by atoms with Gasteiger partial charge in [-0.15, -0.1) is 0 Å². The molecule has 26 heavy (non-hydrogen) atoms. The predicted molar refractivity (Wildman–Crippen MR) is 104 cm³/mol. The molecule has 0 spiro atoms. The number of aryl methyl sites for hydroxylation is 2. The van der Waals surface area contributed by atoms with E-state index >= 15 is 0 Å². The zero-order valence-electron chi connectivity index (χ0n) is 15.7. The van der Waals surface area contributed by atoms with Gasteiger partial charge in [0.2, 0.25) is 0 Å². The van der Waals surface area contributed by atoms with Crippen molar-refractivity contribution < 1.29 is 4.79 Å². The molecule has 2 aliphatic rings. The lowest BCUT2D eigenvalue weighted by molar-refractivity contribution is 0.191. The summed E-state index contributed by atoms with van der Waals surface area (Å²) in [4.78, 5) is 17.1. The first-order chi connectivity index (χ1) is 12.6. The van der Waals surface area contributed by atoms with E-state index in [1.54, 1.807) is 0 Å². The molecule has 0 bridgehead atoms. The number of benzene rings is 1. The molecule has 5 heteroatoms. The molecule has 4 rings (SSSR count). The van der Waals surface area contributed by atoms with Crippen LogP contribution in [0, 0.1) is 0 Å². The van der Waals surface area contributed by atoms with E-state index in [4.69, 9.17) is 0 Å². The Labute approximate surface area is 155 Å². The molecular weight excluding hydrogens is 324 g/mol. The summed E-state index contributed by atoms with van der Waals surface area (Å²) in [5.74, 6) is 0. The maximum atomic E-state index is 12.8. The van der Waals surface area contributed by atoms with E-state index in [0.29, 0.717) is 6.54 Å². The number of fused-ring (bicyclic) bond motifs is 1. The number of hydrogen-bond donors (Lipinski definition) is 1. The summed E-state index contributed by atoms with van der Waals surface area (Å²) in [7, 11) is 4.20. The van der Waals surface area contributed by atoms with Crippen LogP contribution in [0.25, 0.3) is 0 Å². The summed E-state index contributed by atoms with van der Waals surface area (Å²) < 4.78 is 2.12. The molecule has 1 N–H and O–H groups in total. The van der Waals surface area contributed by atoms with E-state index in [0.717, 1.165) is 32.4 Å². The molecule has 5 nitrogen and oxygen atoms in total. The van der Waals surface area contributed by atoms with E-state index in [1.807, 2.05) is 24.2 Å². The maximum absolute atomic E-state index is 12.8. The number of nitrogens with zero attached hydrogens (tertiary/aromatic N) is 3. The average Bonchev–Trinajstić information content (AvgIpc) is 3.28. The first-order valence-electron chi connectivity index (χ1n) is 9.62. The molecule has 1 aromatic heterocycles. The second-order valence-corrected chi connectivity index (χ2v) is 7.54. The normalized spacial score (nSPS) is 19.5. The molecular formula is C21H28N4O. The van der Waals surface area contributed by atoms with Gasteiger partial charge in [-0.05, 0) is 55.0 Å². The summed E-state index contributed by atoms with van der Waals surface area (Å²) in [5.41, 5.74) is 5.12. The van der Waals surface area contributed by atoms with Crippen molar-refractivity contribution in [3.05, 3.63) is 53.3 Å². The van der Waals surface area contributed by atoms with E-state index in [-0.39, 0.29) is 12.1 Å². The van der Waals surface area contributed by atoms with Gasteiger partial charge in [0, 0.05) is 51.3 Å². The number of urea groups is 1. The van der Waals surface area contributed by atoms with Crippen molar-refractivity contribution in [2.75, 3.05) is 25.0 Å². The minimum Gasteiger partial charge on any atom is -0.374 e. The van der Waals surface area contributed by atoms with Crippen molar-refractivity contribution in [1.29, 1.82) is 0 Å². The number of anilines is 1. The highest BCUT2D eigenvalue weighted by Crippen LogP contribution is 2.32. The molecule has 2 aliphatic heterocycles. The van der Waals surface area contributed by atoms with Crippen LogP contribution in [0.4, 0.5) is 10.5 Å². The van der Waals surface area contributed by atoms with Gasteiger partial charge >= 0.3 is 6.03 Å². The van der Waals surface area contributed by atoms with Crippen LogP contribution < -0.4 is 10.2 Å². The van der Waals surface area contributed by atoms with Crippen LogP contribution in [0.3, 0.4) is 0 Å². The molecule has 1 atom stereocenters. The number of likely N-dealkylation sites (tertiary alicyclic amines) is 1. The third kappa shape index (κ3) is 3.18. The van der Waals surface area contributed by atoms with Gasteiger partial charge < -0.3 is 19.7 Å². The lowest BCUT2D eigenvalue weighted by Gasteiger charge is -2.28. The van der Waals surface area contributed by atoms with Crippen molar-refractivity contribution >= 4 is 11.7 Å². The Kier molecular flexibility index (Phi) is 4.62. The summed E-state index contributed by atoms with van der Waals surface area (Å²) >= 11 is 0. The highest BCUT2D eigenvalue weighted by atomic mass is 16.2. The molecule has 0 radical (unpaired) electrons. The summed E-state index contributed by atoms with van der Waals surface area (Å²) in [5, 5.41) is 3.13. The molecule has 1 saturated heterocycles. The Balaban J connectivity index is 1.42. The highest BCUT2D eigenvalue weighted by molar-refractivity contribution is 5.75. The fourth-order valence-electron chi connectivity index (χ4n) is 4.37. The van der Waals surface area contributed by atoms with Gasteiger partial charge in [-0.2, -0.15) is 0 Å². The smallest absolute Gasteiger partial charge is 0.318 e. The minimum absolute atomic E-state index is 0.0449. The van der Waals surface area contributed by atoms with Crippen LogP contribution in [-0.4, -0.2) is 35.6 Å². The van der Waals surface area contributed by atoms with Crippen LogP contribution in [0.15, 0.2) is 36.5 Å². The topological polar surface area (TPSA) is 40.5 Å². The molecule has 0 saturated carbocycles. The number of rotatable bonds is 3. The van der Waals surface area contributed by atoms with Gasteiger partial charge in [0.15, 0.2) is 0 Å². The minimum atomic E-state index is 0.0449. The quantitative estimate of drug-likeness (QED) is 0.919. The van der Waals surface area contributed by atoms with Crippen LogP contribution in [0.5, 0.6) is 0 Å². The highest BCUT2D eigenvalue weighted by Gasteiger charge is 2.31. The number of nitrogens with one attached hydrogen (secondary N) is 1. The standard InChI is InChI=1S/C21H28N4O/c1-23-11-3-6-17-14-16(9-10-18(17)23)15-22-21(26)25-13-5-8-20(25)19-7-4-12-24(19)2/h4,7,9-10,12,14,20H,3,5-6,8,11,13,15H2,1-2H3,(H,22,26). The lowest BCUT2D eigenvalue weighted by atomic mass is 9.99. The molecule has 0 aliphatic carbocycles. The fraction of sp³-hybridized carbons (Fsp3) is 0.476. The Morgan fingerprint density at radius 2 is 2.08 bits per heavy atom. The SMILES string of the molecule is CN1CCCc2cc(CNC(=O)N3CCCC3c3cccn3C)ccc21. The van der Waals surface area contributed by atoms with Gasteiger partial charge in [-0.25, -0.2) is 4.79 Å². The second kappa shape index (κ2) is 7.06. The van der Waals surface area contributed by atoms with E-state index in [2.05, 4.69) is 46.1 Å². The molecule has 1 unspecified atom stereocenters. The van der Waals surface area contributed by atoms with Crippen LogP contribution in [0.1, 0.15) is 42.1 Å². The number of carbonyl (C=O) groups is 1. The van der Waals surface area contributed by atoms with Crippen LogP contribution in [0.2, 0.25) is 0 Å². The van der Waals surface area contributed by atoms with Gasteiger partial charge in [0.05, 0.1) is 6.04 Å². The van der Waals surface area contributed by atoms with Crippen molar-refractivity contribution in [3.63, 3.8) is 0 Å². The zero-order valence-corrected chi connectivity index (χ0v) is 15.7. The first kappa shape index (κ1) is 17.0. The second-order valence-electron chi connectivity index (χ2n) is 7.54. The molecule has 1 fully saturated rings. The van der Waals surface area contributed by atoms with Crippen molar-refractivity contribution in [1.82, 2.24) is 14.8 Å². The summed E-state index contributed by atoms with van der Waals surface area (Å²) in [6.07, 6.45) is 6.48. The maximum Gasteiger partial charge on any atom is 0.318 e. The molecule has 3 heterocycles. The molecule has 1 aromatic carbocycles. The first-order valence-corrected chi connectivity index (χ1v) is 9.62. The average molecular weight is 352 g/mol. The molecule has 2 amide bonds. The van der Waals surface area contributed by atoms with E-state index in [9.17, 15) is 4.79 Å². The summed E-state index contributed by atoms with van der Waals surface area (Å²) in [6, 6.07) is 11.0. The van der Waals surface area contributed by atoms with Crippen LogP contribution >= 0.6 is 0 Å². The van der Waals surface area contributed by atoms with Crippen molar-refractivity contribution in [2.24, 2.45) is 7.05 Å². The van der Waals surface area contributed by atoms with Gasteiger partial charge in [0.1, 0.15) is 0 Å². The Hall–Kier alpha value is -2.43. The van der Waals surface area contributed by atoms with Crippen molar-refractivity contribution in [3.8, 4) is 0 Å². The van der Waals surface area contributed by atoms with Gasteiger partial charge in [-0.1, -0.05) is 12.1 Å². The largest absolute Gasteiger partial charge is 0.374 e. The Morgan fingerprint density at radius 1 is 1.19 bits per heavy atom. The summed E-state index contributed by atoms with van der Waals surface area (Å²) in [6.45, 7) is 2.54. The Bertz CT molecular complexity index is 797.